The molecule has 2 rings (SSSR count). The van der Waals surface area contributed by atoms with Crippen molar-refractivity contribution in [1.82, 2.24) is 4.98 Å². The van der Waals surface area contributed by atoms with E-state index >= 15 is 0 Å². The molecule has 0 amide bonds. The first-order valence-electron chi connectivity index (χ1n) is 3.73. The van der Waals surface area contributed by atoms with Gasteiger partial charge in [0.15, 0.2) is 5.76 Å². The molecule has 0 aliphatic rings. The fourth-order valence-electron chi connectivity index (χ4n) is 1.07. The summed E-state index contributed by atoms with van der Waals surface area (Å²) in [6, 6.07) is 8.12. The van der Waals surface area contributed by atoms with Gasteiger partial charge in [-0.15, -0.1) is 0 Å². The Morgan fingerprint density at radius 1 is 1.31 bits per heavy atom. The van der Waals surface area contributed by atoms with Crippen molar-refractivity contribution in [3.8, 4) is 11.3 Å². The van der Waals surface area contributed by atoms with E-state index in [1.54, 1.807) is 6.20 Å². The van der Waals surface area contributed by atoms with Crippen molar-refractivity contribution in [2.24, 2.45) is 0 Å². The van der Waals surface area contributed by atoms with Gasteiger partial charge in [-0.2, -0.15) is 0 Å². The second-order valence-corrected chi connectivity index (χ2v) is 3.70. The topological polar surface area (TPSA) is 52.0 Å². The number of rotatable bonds is 1. The van der Waals surface area contributed by atoms with Gasteiger partial charge in [0.25, 0.3) is 6.01 Å². The molecule has 2 aromatic rings. The van der Waals surface area contributed by atoms with Gasteiger partial charge in [0.1, 0.15) is 0 Å². The predicted octanol–water partition coefficient (Wildman–Crippen LogP) is 2.53. The lowest BCUT2D eigenvalue weighted by Crippen LogP contribution is -1.80. The number of nitrogens with zero attached hydrogens (tertiary/aromatic N) is 1. The van der Waals surface area contributed by atoms with E-state index in [4.69, 9.17) is 10.2 Å². The van der Waals surface area contributed by atoms with Gasteiger partial charge in [0, 0.05) is 9.13 Å². The molecule has 0 fully saturated rings. The molecule has 3 nitrogen and oxygen atoms in total. The smallest absolute Gasteiger partial charge is 0.292 e. The Labute approximate surface area is 89.1 Å². The lowest BCUT2D eigenvalue weighted by Gasteiger charge is -1.97. The summed E-state index contributed by atoms with van der Waals surface area (Å²) in [5, 5.41) is 0. The number of hydrogen-bond acceptors (Lipinski definition) is 3. The quantitative estimate of drug-likeness (QED) is 0.819. The predicted molar refractivity (Wildman–Crippen MR) is 59.1 cm³/mol. The van der Waals surface area contributed by atoms with Crippen molar-refractivity contribution in [3.05, 3.63) is 34.0 Å². The fourth-order valence-corrected chi connectivity index (χ4v) is 1.73. The van der Waals surface area contributed by atoms with E-state index in [-0.39, 0.29) is 6.01 Å². The Morgan fingerprint density at radius 2 is 2.08 bits per heavy atom. The van der Waals surface area contributed by atoms with Crippen LogP contribution in [-0.2, 0) is 0 Å². The van der Waals surface area contributed by atoms with Crippen molar-refractivity contribution < 1.29 is 4.42 Å². The molecule has 0 aliphatic heterocycles. The number of hydrogen-bond donors (Lipinski definition) is 1. The van der Waals surface area contributed by atoms with Crippen LogP contribution in [0.15, 0.2) is 34.9 Å². The molecule has 0 saturated heterocycles. The Balaban J connectivity index is 2.52. The van der Waals surface area contributed by atoms with Crippen LogP contribution in [0.25, 0.3) is 11.3 Å². The molecule has 0 saturated carbocycles. The SMILES string of the molecule is Nc1ncc(-c2ccccc2I)o1. The van der Waals surface area contributed by atoms with E-state index in [0.29, 0.717) is 5.76 Å². The summed E-state index contributed by atoms with van der Waals surface area (Å²) in [7, 11) is 0. The summed E-state index contributed by atoms with van der Waals surface area (Å²) in [4.78, 5) is 3.84. The third kappa shape index (κ3) is 1.67. The highest BCUT2D eigenvalue weighted by molar-refractivity contribution is 14.1. The Morgan fingerprint density at radius 3 is 2.69 bits per heavy atom. The van der Waals surface area contributed by atoms with Crippen molar-refractivity contribution in [1.29, 1.82) is 0 Å². The minimum Gasteiger partial charge on any atom is -0.424 e. The molecule has 66 valence electrons. The average molecular weight is 286 g/mol. The van der Waals surface area contributed by atoms with Crippen LogP contribution >= 0.6 is 22.6 Å². The molecular weight excluding hydrogens is 279 g/mol. The number of halogens is 1. The highest BCUT2D eigenvalue weighted by Gasteiger charge is 2.06. The highest BCUT2D eigenvalue weighted by Crippen LogP contribution is 2.25. The minimum absolute atomic E-state index is 0.203. The van der Waals surface area contributed by atoms with Gasteiger partial charge in [-0.1, -0.05) is 18.2 Å². The zero-order valence-electron chi connectivity index (χ0n) is 6.70. The lowest BCUT2D eigenvalue weighted by molar-refractivity contribution is 0.594. The maximum atomic E-state index is 5.39. The molecule has 0 atom stereocenters. The summed E-state index contributed by atoms with van der Waals surface area (Å²) >= 11 is 2.24. The van der Waals surface area contributed by atoms with Crippen LogP contribution in [0.5, 0.6) is 0 Å². The monoisotopic (exact) mass is 286 g/mol. The summed E-state index contributed by atoms with van der Waals surface area (Å²) in [6.07, 6.45) is 1.63. The second kappa shape index (κ2) is 3.37. The van der Waals surface area contributed by atoms with E-state index < -0.39 is 0 Å². The van der Waals surface area contributed by atoms with E-state index in [2.05, 4.69) is 27.6 Å². The minimum atomic E-state index is 0.203. The molecule has 2 N–H and O–H groups in total. The Bertz CT molecular complexity index is 425. The van der Waals surface area contributed by atoms with Crippen LogP contribution < -0.4 is 5.73 Å². The number of nitrogens with two attached hydrogens (primary N) is 1. The molecular formula is C9H7IN2O. The van der Waals surface area contributed by atoms with Gasteiger partial charge < -0.3 is 10.2 Å². The van der Waals surface area contributed by atoms with Crippen LogP contribution in [0.4, 0.5) is 6.01 Å². The maximum Gasteiger partial charge on any atom is 0.292 e. The summed E-state index contributed by atoms with van der Waals surface area (Å²) < 4.78 is 6.33. The largest absolute Gasteiger partial charge is 0.424 e. The molecule has 0 radical (unpaired) electrons. The van der Waals surface area contributed by atoms with E-state index in [0.717, 1.165) is 9.13 Å². The standard InChI is InChI=1S/C9H7IN2O/c10-7-4-2-1-3-6(7)8-5-12-9(11)13-8/h1-5H,(H2,11,12). The summed E-state index contributed by atoms with van der Waals surface area (Å²) in [5.74, 6) is 0.711. The van der Waals surface area contributed by atoms with Gasteiger partial charge in [0.05, 0.1) is 6.20 Å². The first kappa shape index (κ1) is 8.55. The van der Waals surface area contributed by atoms with Crippen molar-refractivity contribution in [2.75, 3.05) is 5.73 Å². The van der Waals surface area contributed by atoms with E-state index in [1.807, 2.05) is 24.3 Å². The van der Waals surface area contributed by atoms with Crippen molar-refractivity contribution in [3.63, 3.8) is 0 Å². The van der Waals surface area contributed by atoms with Crippen LogP contribution in [-0.4, -0.2) is 4.98 Å². The zero-order chi connectivity index (χ0) is 9.26. The molecule has 4 heteroatoms. The second-order valence-electron chi connectivity index (χ2n) is 2.54. The van der Waals surface area contributed by atoms with E-state index in [1.165, 1.54) is 0 Å². The summed E-state index contributed by atoms with van der Waals surface area (Å²) in [6.45, 7) is 0. The van der Waals surface area contributed by atoms with Crippen LogP contribution in [0.1, 0.15) is 0 Å². The maximum absolute atomic E-state index is 5.39. The fraction of sp³-hybridized carbons (Fsp3) is 0. The molecule has 0 unspecified atom stereocenters. The van der Waals surface area contributed by atoms with Crippen molar-refractivity contribution >= 4 is 28.6 Å². The summed E-state index contributed by atoms with van der Waals surface area (Å²) in [5.41, 5.74) is 6.41. The number of anilines is 1. The molecule has 0 aliphatic carbocycles. The lowest BCUT2D eigenvalue weighted by atomic mass is 10.2. The molecule has 1 heterocycles. The van der Waals surface area contributed by atoms with Crippen LogP contribution in [0.2, 0.25) is 0 Å². The third-order valence-electron chi connectivity index (χ3n) is 1.66. The van der Waals surface area contributed by atoms with Crippen LogP contribution in [0.3, 0.4) is 0 Å². The zero-order valence-corrected chi connectivity index (χ0v) is 8.86. The van der Waals surface area contributed by atoms with Crippen molar-refractivity contribution in [2.45, 2.75) is 0 Å². The Kier molecular flexibility index (Phi) is 2.22. The van der Waals surface area contributed by atoms with Gasteiger partial charge in [0.2, 0.25) is 0 Å². The number of aromatic nitrogens is 1. The molecule has 0 bridgehead atoms. The number of benzene rings is 1. The van der Waals surface area contributed by atoms with Gasteiger partial charge in [-0.3, -0.25) is 0 Å². The molecule has 1 aromatic carbocycles. The van der Waals surface area contributed by atoms with Gasteiger partial charge >= 0.3 is 0 Å². The van der Waals surface area contributed by atoms with Gasteiger partial charge in [-0.25, -0.2) is 4.98 Å². The first-order valence-corrected chi connectivity index (χ1v) is 4.81. The van der Waals surface area contributed by atoms with Crippen LogP contribution in [0, 0.1) is 3.57 Å². The average Bonchev–Trinajstić information content (AvgIpc) is 2.53. The van der Waals surface area contributed by atoms with E-state index in [9.17, 15) is 0 Å². The molecule has 1 aromatic heterocycles. The third-order valence-corrected chi connectivity index (χ3v) is 2.60. The molecule has 0 spiro atoms. The molecule has 13 heavy (non-hydrogen) atoms. The van der Waals surface area contributed by atoms with Gasteiger partial charge in [-0.05, 0) is 28.7 Å². The number of nitrogen functional groups attached to an aromatic ring is 1. The highest BCUT2D eigenvalue weighted by atomic mass is 127. The first-order chi connectivity index (χ1) is 6.27. The Hall–Kier alpha value is -1.04. The number of oxazole rings is 1. The normalized spacial score (nSPS) is 10.2.